The first kappa shape index (κ1) is 22.2. The number of hydrogen-bond acceptors (Lipinski definition) is 4. The molecule has 1 aromatic heterocycles. The number of nitrogens with one attached hydrogen (secondary N) is 1. The van der Waals surface area contributed by atoms with Gasteiger partial charge in [-0.2, -0.15) is 10.2 Å². The first-order chi connectivity index (χ1) is 15.3. The molecule has 2 fully saturated rings. The Kier molecular flexibility index (Phi) is 6.44. The third-order valence-electron chi connectivity index (χ3n) is 6.45. The van der Waals surface area contributed by atoms with Crippen LogP contribution in [0.1, 0.15) is 50.8 Å². The fourth-order valence-corrected chi connectivity index (χ4v) is 4.44. The summed E-state index contributed by atoms with van der Waals surface area (Å²) in [7, 11) is 0. The lowest BCUT2D eigenvalue weighted by atomic mass is 9.88. The molecule has 0 saturated carbocycles. The molecule has 4 rings (SSSR count). The lowest BCUT2D eigenvalue weighted by Gasteiger charge is -2.38. The summed E-state index contributed by atoms with van der Waals surface area (Å²) in [5.41, 5.74) is 2.72. The van der Waals surface area contributed by atoms with E-state index in [0.717, 1.165) is 43.7 Å². The molecule has 2 aromatic rings. The molecular weight excluding hydrogens is 402 g/mol. The Morgan fingerprint density at radius 2 is 1.72 bits per heavy atom. The van der Waals surface area contributed by atoms with Crippen molar-refractivity contribution in [2.45, 2.75) is 46.0 Å². The van der Waals surface area contributed by atoms with Gasteiger partial charge in [0.15, 0.2) is 0 Å². The zero-order chi connectivity index (χ0) is 22.7. The minimum Gasteiger partial charge on any atom is -0.342 e. The van der Waals surface area contributed by atoms with Crippen LogP contribution in [-0.4, -0.2) is 58.1 Å². The Balaban J connectivity index is 1.21. The lowest BCUT2D eigenvalue weighted by molar-refractivity contribution is -0.140. The van der Waals surface area contributed by atoms with E-state index in [4.69, 9.17) is 0 Å². The minimum absolute atomic E-state index is 0.0752. The van der Waals surface area contributed by atoms with E-state index in [1.165, 1.54) is 5.56 Å². The van der Waals surface area contributed by atoms with Crippen LogP contribution < -0.4 is 5.32 Å². The van der Waals surface area contributed by atoms with E-state index in [9.17, 15) is 9.59 Å². The SMILES string of the molecule is CC(C)(C)C(=O)N1CCC(Cc2ccc(NC(=O)N3CC(c4cccnn4)C3)cc2)CC1. The summed E-state index contributed by atoms with van der Waals surface area (Å²) in [6, 6.07) is 11.9. The van der Waals surface area contributed by atoms with Crippen LogP contribution in [0.25, 0.3) is 0 Å². The zero-order valence-electron chi connectivity index (χ0n) is 19.3. The van der Waals surface area contributed by atoms with Gasteiger partial charge in [0.2, 0.25) is 5.91 Å². The third kappa shape index (κ3) is 5.26. The van der Waals surface area contributed by atoms with Crippen LogP contribution in [-0.2, 0) is 11.2 Å². The number of carbonyl (C=O) groups excluding carboxylic acids is 2. The molecule has 2 aliphatic rings. The summed E-state index contributed by atoms with van der Waals surface area (Å²) in [4.78, 5) is 28.7. The molecule has 3 amide bonds. The molecule has 0 bridgehead atoms. The summed E-state index contributed by atoms with van der Waals surface area (Å²) in [5, 5.41) is 11.0. The van der Waals surface area contributed by atoms with Crippen LogP contribution in [0, 0.1) is 11.3 Å². The largest absolute Gasteiger partial charge is 0.342 e. The highest BCUT2D eigenvalue weighted by Crippen LogP contribution is 2.27. The summed E-state index contributed by atoms with van der Waals surface area (Å²) in [6.07, 6.45) is 4.76. The number of likely N-dealkylation sites (tertiary alicyclic amines) is 2. The first-order valence-corrected chi connectivity index (χ1v) is 11.5. The summed E-state index contributed by atoms with van der Waals surface area (Å²) in [6.45, 7) is 8.98. The second-order valence-electron chi connectivity index (χ2n) is 10.1. The van der Waals surface area contributed by atoms with Crippen LogP contribution >= 0.6 is 0 Å². The highest BCUT2D eigenvalue weighted by atomic mass is 16.2. The van der Waals surface area contributed by atoms with Gasteiger partial charge in [-0.3, -0.25) is 4.79 Å². The van der Waals surface area contributed by atoms with Crippen LogP contribution in [0.4, 0.5) is 10.5 Å². The van der Waals surface area contributed by atoms with Gasteiger partial charge in [-0.05, 0) is 55.0 Å². The molecule has 1 aromatic carbocycles. The quantitative estimate of drug-likeness (QED) is 0.789. The van der Waals surface area contributed by atoms with Crippen LogP contribution in [0.2, 0.25) is 0 Å². The first-order valence-electron chi connectivity index (χ1n) is 11.5. The lowest BCUT2D eigenvalue weighted by Crippen LogP contribution is -2.50. The van der Waals surface area contributed by atoms with Crippen molar-refractivity contribution >= 4 is 17.6 Å². The van der Waals surface area contributed by atoms with E-state index >= 15 is 0 Å². The highest BCUT2D eigenvalue weighted by Gasteiger charge is 2.33. The van der Waals surface area contributed by atoms with E-state index in [1.807, 2.05) is 49.9 Å². The monoisotopic (exact) mass is 435 g/mol. The molecule has 1 N–H and O–H groups in total. The van der Waals surface area contributed by atoms with Gasteiger partial charge in [0.05, 0.1) is 5.69 Å². The molecule has 7 nitrogen and oxygen atoms in total. The average molecular weight is 436 g/mol. The molecule has 0 radical (unpaired) electrons. The zero-order valence-corrected chi connectivity index (χ0v) is 19.3. The van der Waals surface area contributed by atoms with E-state index in [0.29, 0.717) is 19.0 Å². The molecule has 2 aliphatic heterocycles. The number of rotatable bonds is 4. The third-order valence-corrected chi connectivity index (χ3v) is 6.45. The molecule has 3 heterocycles. The van der Waals surface area contributed by atoms with Crippen molar-refractivity contribution < 1.29 is 9.59 Å². The molecule has 0 spiro atoms. The molecular formula is C25H33N5O2. The molecule has 0 aliphatic carbocycles. The van der Waals surface area contributed by atoms with Gasteiger partial charge in [0, 0.05) is 49.4 Å². The smallest absolute Gasteiger partial charge is 0.321 e. The highest BCUT2D eigenvalue weighted by molar-refractivity contribution is 5.90. The van der Waals surface area contributed by atoms with E-state index in [-0.39, 0.29) is 23.3 Å². The number of anilines is 1. The number of hydrogen-bond donors (Lipinski definition) is 1. The second kappa shape index (κ2) is 9.27. The Morgan fingerprint density at radius 1 is 1.03 bits per heavy atom. The maximum atomic E-state index is 12.5. The number of amides is 3. The standard InChI is InChI=1S/C25H33N5O2/c1-25(2,3)23(31)29-13-10-19(11-14-29)15-18-6-8-21(9-7-18)27-24(32)30-16-20(17-30)22-5-4-12-26-28-22/h4-9,12,19-20H,10-11,13-17H2,1-3H3,(H,27,32). The van der Waals surface area contributed by atoms with Crippen molar-refractivity contribution in [2.75, 3.05) is 31.5 Å². The van der Waals surface area contributed by atoms with E-state index in [1.54, 1.807) is 11.1 Å². The van der Waals surface area contributed by atoms with Gasteiger partial charge in [-0.15, -0.1) is 0 Å². The molecule has 0 atom stereocenters. The van der Waals surface area contributed by atoms with Crippen molar-refractivity contribution in [1.29, 1.82) is 0 Å². The topological polar surface area (TPSA) is 78.4 Å². The number of carbonyl (C=O) groups is 2. The van der Waals surface area contributed by atoms with E-state index < -0.39 is 0 Å². The predicted octanol–water partition coefficient (Wildman–Crippen LogP) is 3.94. The fourth-order valence-electron chi connectivity index (χ4n) is 4.44. The Bertz CT molecular complexity index is 925. The summed E-state index contributed by atoms with van der Waals surface area (Å²) in [5.74, 6) is 1.11. The van der Waals surface area contributed by atoms with Gasteiger partial charge >= 0.3 is 6.03 Å². The summed E-state index contributed by atoms with van der Waals surface area (Å²) < 4.78 is 0. The van der Waals surface area contributed by atoms with Crippen molar-refractivity contribution in [2.24, 2.45) is 11.3 Å². The number of urea groups is 1. The van der Waals surface area contributed by atoms with Crippen LogP contribution in [0.5, 0.6) is 0 Å². The Morgan fingerprint density at radius 3 is 2.31 bits per heavy atom. The summed E-state index contributed by atoms with van der Waals surface area (Å²) >= 11 is 0. The normalized spacial score (nSPS) is 17.7. The number of nitrogens with zero attached hydrogens (tertiary/aromatic N) is 4. The predicted molar refractivity (Wildman–Crippen MR) is 124 cm³/mol. The maximum absolute atomic E-state index is 12.5. The number of benzene rings is 1. The van der Waals surface area contributed by atoms with Crippen LogP contribution in [0.3, 0.4) is 0 Å². The van der Waals surface area contributed by atoms with Crippen LogP contribution in [0.15, 0.2) is 42.6 Å². The molecule has 32 heavy (non-hydrogen) atoms. The maximum Gasteiger partial charge on any atom is 0.321 e. The number of aromatic nitrogens is 2. The Hall–Kier alpha value is -2.96. The molecule has 7 heteroatoms. The van der Waals surface area contributed by atoms with Crippen molar-refractivity contribution in [3.63, 3.8) is 0 Å². The number of piperidine rings is 1. The van der Waals surface area contributed by atoms with Gasteiger partial charge in [-0.25, -0.2) is 4.79 Å². The van der Waals surface area contributed by atoms with Crippen molar-refractivity contribution in [3.05, 3.63) is 53.9 Å². The Labute approximate surface area is 190 Å². The van der Waals surface area contributed by atoms with Gasteiger partial charge in [-0.1, -0.05) is 32.9 Å². The van der Waals surface area contributed by atoms with E-state index in [2.05, 4.69) is 27.6 Å². The molecule has 2 saturated heterocycles. The van der Waals surface area contributed by atoms with Crippen molar-refractivity contribution in [3.8, 4) is 0 Å². The average Bonchev–Trinajstić information content (AvgIpc) is 2.74. The van der Waals surface area contributed by atoms with Gasteiger partial charge in [0.25, 0.3) is 0 Å². The molecule has 0 unspecified atom stereocenters. The fraction of sp³-hybridized carbons (Fsp3) is 0.520. The van der Waals surface area contributed by atoms with Gasteiger partial charge < -0.3 is 15.1 Å². The van der Waals surface area contributed by atoms with Gasteiger partial charge in [0.1, 0.15) is 0 Å². The van der Waals surface area contributed by atoms with Crippen molar-refractivity contribution in [1.82, 2.24) is 20.0 Å². The second-order valence-corrected chi connectivity index (χ2v) is 10.1. The minimum atomic E-state index is -0.306. The molecule has 170 valence electrons.